The minimum absolute atomic E-state index is 0.0522. The molecular weight excluding hydrogens is 330 g/mol. The molecule has 3 fully saturated rings. The van der Waals surface area contributed by atoms with Crippen LogP contribution in [0, 0.1) is 11.3 Å². The van der Waals surface area contributed by atoms with Crippen LogP contribution in [-0.4, -0.2) is 59.4 Å². The predicted octanol–water partition coefficient (Wildman–Crippen LogP) is 1.85. The summed E-state index contributed by atoms with van der Waals surface area (Å²) >= 11 is 0. The standard InChI is InChI=1S/C20H27N3O3/c24-18-13-20(15-23(18)14-16-1-7-21-8-2-16)5-9-22(10-6-20)19(25)17-3-11-26-12-4-17/h1-2,7-8,17H,3-6,9-15H2. The molecule has 0 atom stereocenters. The average molecular weight is 357 g/mol. The number of carbonyl (C=O) groups excluding carboxylic acids is 2. The number of nitrogens with zero attached hydrogens (tertiary/aromatic N) is 3. The van der Waals surface area contributed by atoms with Gasteiger partial charge in [0.1, 0.15) is 0 Å². The Labute approximate surface area is 154 Å². The van der Waals surface area contributed by atoms with Gasteiger partial charge in [0.2, 0.25) is 11.8 Å². The molecule has 3 aliphatic rings. The van der Waals surface area contributed by atoms with Gasteiger partial charge in [-0.1, -0.05) is 0 Å². The molecule has 0 bridgehead atoms. The van der Waals surface area contributed by atoms with E-state index in [0.29, 0.717) is 32.1 Å². The van der Waals surface area contributed by atoms with Gasteiger partial charge in [0.05, 0.1) is 0 Å². The van der Waals surface area contributed by atoms with Crippen molar-refractivity contribution in [1.29, 1.82) is 0 Å². The summed E-state index contributed by atoms with van der Waals surface area (Å²) in [5.41, 5.74) is 1.17. The van der Waals surface area contributed by atoms with Gasteiger partial charge in [-0.25, -0.2) is 0 Å². The highest BCUT2D eigenvalue weighted by atomic mass is 16.5. The van der Waals surface area contributed by atoms with Crippen LogP contribution in [0.2, 0.25) is 0 Å². The van der Waals surface area contributed by atoms with Crippen molar-refractivity contribution in [3.8, 4) is 0 Å². The van der Waals surface area contributed by atoms with Gasteiger partial charge in [-0.05, 0) is 43.4 Å². The second-order valence-electron chi connectivity index (χ2n) is 7.99. The Balaban J connectivity index is 1.33. The van der Waals surface area contributed by atoms with Crippen LogP contribution in [0.15, 0.2) is 24.5 Å². The molecule has 0 unspecified atom stereocenters. The van der Waals surface area contributed by atoms with Crippen molar-refractivity contribution in [2.24, 2.45) is 11.3 Å². The van der Waals surface area contributed by atoms with Crippen LogP contribution in [0.25, 0.3) is 0 Å². The third-order valence-corrected chi connectivity index (χ3v) is 6.23. The third-order valence-electron chi connectivity index (χ3n) is 6.23. The van der Waals surface area contributed by atoms with Gasteiger partial charge < -0.3 is 14.5 Å². The maximum atomic E-state index is 12.7. The number of ether oxygens (including phenoxy) is 1. The lowest BCUT2D eigenvalue weighted by Gasteiger charge is -2.40. The normalized spacial score (nSPS) is 23.6. The number of rotatable bonds is 3. The topological polar surface area (TPSA) is 62.7 Å². The number of likely N-dealkylation sites (tertiary alicyclic amines) is 2. The molecule has 26 heavy (non-hydrogen) atoms. The molecule has 1 spiro atoms. The summed E-state index contributed by atoms with van der Waals surface area (Å²) in [5, 5.41) is 0. The predicted molar refractivity (Wildman–Crippen MR) is 96.1 cm³/mol. The van der Waals surface area contributed by atoms with Crippen LogP contribution in [0.1, 0.15) is 37.7 Å². The van der Waals surface area contributed by atoms with Crippen LogP contribution in [0.5, 0.6) is 0 Å². The van der Waals surface area contributed by atoms with E-state index < -0.39 is 0 Å². The number of hydrogen-bond acceptors (Lipinski definition) is 4. The third kappa shape index (κ3) is 3.61. The van der Waals surface area contributed by atoms with Crippen LogP contribution in [0.3, 0.4) is 0 Å². The van der Waals surface area contributed by atoms with Gasteiger partial charge >= 0.3 is 0 Å². The first kappa shape index (κ1) is 17.5. The fraction of sp³-hybridized carbons (Fsp3) is 0.650. The van der Waals surface area contributed by atoms with Crippen molar-refractivity contribution in [3.05, 3.63) is 30.1 Å². The van der Waals surface area contributed by atoms with E-state index in [1.54, 1.807) is 12.4 Å². The molecule has 2 amide bonds. The lowest BCUT2D eigenvalue weighted by atomic mass is 9.77. The van der Waals surface area contributed by atoms with Gasteiger partial charge in [0, 0.05) is 69.5 Å². The quantitative estimate of drug-likeness (QED) is 0.828. The van der Waals surface area contributed by atoms with E-state index >= 15 is 0 Å². The molecule has 0 radical (unpaired) electrons. The zero-order valence-corrected chi connectivity index (χ0v) is 15.2. The minimum atomic E-state index is 0.0522. The molecule has 0 aliphatic carbocycles. The van der Waals surface area contributed by atoms with Crippen molar-refractivity contribution in [3.63, 3.8) is 0 Å². The molecule has 3 aliphatic heterocycles. The Kier molecular flexibility index (Phi) is 4.94. The molecule has 3 saturated heterocycles. The molecule has 0 saturated carbocycles. The fourth-order valence-corrected chi connectivity index (χ4v) is 4.57. The fourth-order valence-electron chi connectivity index (χ4n) is 4.57. The molecule has 4 rings (SSSR count). The van der Waals surface area contributed by atoms with Crippen molar-refractivity contribution >= 4 is 11.8 Å². The van der Waals surface area contributed by atoms with E-state index in [1.807, 2.05) is 21.9 Å². The molecule has 1 aromatic heterocycles. The maximum absolute atomic E-state index is 12.7. The zero-order chi connectivity index (χ0) is 18.0. The summed E-state index contributed by atoms with van der Waals surface area (Å²) in [6.45, 7) is 4.44. The lowest BCUT2D eigenvalue weighted by Crippen LogP contribution is -2.47. The van der Waals surface area contributed by atoms with Crippen molar-refractivity contribution < 1.29 is 14.3 Å². The SMILES string of the molecule is O=C1CC2(CCN(C(=O)C3CCOCC3)CC2)CN1Cc1ccncc1. The van der Waals surface area contributed by atoms with E-state index in [2.05, 4.69) is 4.98 Å². The number of aromatic nitrogens is 1. The summed E-state index contributed by atoms with van der Waals surface area (Å²) in [5.74, 6) is 0.665. The smallest absolute Gasteiger partial charge is 0.225 e. The molecular formula is C20H27N3O3. The largest absolute Gasteiger partial charge is 0.381 e. The molecule has 4 heterocycles. The Morgan fingerprint density at radius 1 is 1.19 bits per heavy atom. The number of pyridine rings is 1. The van der Waals surface area contributed by atoms with Crippen LogP contribution >= 0.6 is 0 Å². The number of carbonyl (C=O) groups is 2. The highest BCUT2D eigenvalue weighted by Gasteiger charge is 2.45. The Bertz CT molecular complexity index is 650. The van der Waals surface area contributed by atoms with Gasteiger partial charge in [-0.2, -0.15) is 0 Å². The summed E-state index contributed by atoms with van der Waals surface area (Å²) in [4.78, 5) is 33.3. The van der Waals surface area contributed by atoms with E-state index in [1.165, 1.54) is 0 Å². The van der Waals surface area contributed by atoms with Crippen LogP contribution < -0.4 is 0 Å². The van der Waals surface area contributed by atoms with Crippen LogP contribution in [-0.2, 0) is 20.9 Å². The van der Waals surface area contributed by atoms with Gasteiger partial charge in [0.25, 0.3) is 0 Å². The average Bonchev–Trinajstić information content (AvgIpc) is 2.98. The molecule has 0 N–H and O–H groups in total. The van der Waals surface area contributed by atoms with E-state index in [4.69, 9.17) is 4.74 Å². The highest BCUT2D eigenvalue weighted by Crippen LogP contribution is 2.41. The summed E-state index contributed by atoms with van der Waals surface area (Å²) in [6.07, 6.45) is 7.72. The number of hydrogen-bond donors (Lipinski definition) is 0. The number of amides is 2. The maximum Gasteiger partial charge on any atom is 0.225 e. The summed E-state index contributed by atoms with van der Waals surface area (Å²) in [6, 6.07) is 3.93. The Morgan fingerprint density at radius 2 is 1.88 bits per heavy atom. The zero-order valence-electron chi connectivity index (χ0n) is 15.2. The van der Waals surface area contributed by atoms with E-state index in [-0.39, 0.29) is 17.2 Å². The van der Waals surface area contributed by atoms with Gasteiger partial charge in [0.15, 0.2) is 0 Å². The minimum Gasteiger partial charge on any atom is -0.381 e. The first-order valence-electron chi connectivity index (χ1n) is 9.68. The molecule has 1 aromatic rings. The monoisotopic (exact) mass is 357 g/mol. The summed E-state index contributed by atoms with van der Waals surface area (Å²) < 4.78 is 5.37. The van der Waals surface area contributed by atoms with Gasteiger partial charge in [-0.15, -0.1) is 0 Å². The second kappa shape index (κ2) is 7.35. The first-order chi connectivity index (χ1) is 12.7. The van der Waals surface area contributed by atoms with Gasteiger partial charge in [-0.3, -0.25) is 14.6 Å². The van der Waals surface area contributed by atoms with E-state index in [0.717, 1.165) is 50.9 Å². The number of piperidine rings is 1. The lowest BCUT2D eigenvalue weighted by molar-refractivity contribution is -0.140. The van der Waals surface area contributed by atoms with Crippen molar-refractivity contribution in [2.75, 3.05) is 32.8 Å². The van der Waals surface area contributed by atoms with Crippen LogP contribution in [0.4, 0.5) is 0 Å². The molecule has 6 heteroatoms. The molecule has 140 valence electrons. The molecule has 6 nitrogen and oxygen atoms in total. The second-order valence-corrected chi connectivity index (χ2v) is 7.99. The highest BCUT2D eigenvalue weighted by molar-refractivity contribution is 5.80. The summed E-state index contributed by atoms with van der Waals surface area (Å²) in [7, 11) is 0. The van der Waals surface area contributed by atoms with E-state index in [9.17, 15) is 9.59 Å². The molecule has 0 aromatic carbocycles. The van der Waals surface area contributed by atoms with Crippen molar-refractivity contribution in [1.82, 2.24) is 14.8 Å². The Morgan fingerprint density at radius 3 is 2.58 bits per heavy atom. The first-order valence-corrected chi connectivity index (χ1v) is 9.68. The van der Waals surface area contributed by atoms with Crippen molar-refractivity contribution in [2.45, 2.75) is 38.6 Å². The Hall–Kier alpha value is -1.95.